The Balaban J connectivity index is 2.08. The number of ether oxygens (including phenoxy) is 1. The Labute approximate surface area is 88.6 Å². The number of cyclic esters (lactones) is 1. The van der Waals surface area contributed by atoms with Gasteiger partial charge in [0, 0.05) is 6.04 Å². The van der Waals surface area contributed by atoms with Crippen LogP contribution in [0.4, 0.5) is 4.79 Å². The minimum Gasteiger partial charge on any atom is -0.446 e. The molecule has 1 heterocycles. The Kier molecular flexibility index (Phi) is 2.59. The fourth-order valence-corrected chi connectivity index (χ4v) is 1.66. The Bertz CT molecular complexity index is 394. The van der Waals surface area contributed by atoms with E-state index in [9.17, 15) is 4.79 Å². The molecule has 1 aliphatic heterocycles. The Morgan fingerprint density at radius 1 is 1.47 bits per heavy atom. The van der Waals surface area contributed by atoms with Gasteiger partial charge >= 0.3 is 6.09 Å². The van der Waals surface area contributed by atoms with Crippen molar-refractivity contribution in [1.29, 1.82) is 0 Å². The molecule has 76 valence electrons. The normalized spacial score (nSPS) is 19.8. The maximum atomic E-state index is 11.2. The zero-order valence-corrected chi connectivity index (χ0v) is 8.22. The minimum atomic E-state index is -0.418. The quantitative estimate of drug-likeness (QED) is 0.681. The van der Waals surface area contributed by atoms with E-state index in [-0.39, 0.29) is 6.04 Å². The summed E-state index contributed by atoms with van der Waals surface area (Å²) >= 11 is 0. The molecule has 3 heteroatoms. The highest BCUT2D eigenvalue weighted by Gasteiger charge is 2.31. The van der Waals surface area contributed by atoms with Crippen molar-refractivity contribution in [2.75, 3.05) is 6.61 Å². The average molecular weight is 201 g/mol. The number of carbonyl (C=O) groups excluding carboxylic acids is 1. The lowest BCUT2D eigenvalue weighted by Crippen LogP contribution is -2.30. The molecular formula is C12H11NO2. The summed E-state index contributed by atoms with van der Waals surface area (Å²) in [4.78, 5) is 12.5. The summed E-state index contributed by atoms with van der Waals surface area (Å²) in [6.07, 6.45) is 5.56. The first kappa shape index (κ1) is 9.60. The van der Waals surface area contributed by atoms with Crippen molar-refractivity contribution in [1.82, 2.24) is 4.90 Å². The average Bonchev–Trinajstić information content (AvgIpc) is 2.61. The predicted molar refractivity (Wildman–Crippen MR) is 56.0 cm³/mol. The van der Waals surface area contributed by atoms with Crippen LogP contribution in [0.5, 0.6) is 0 Å². The van der Waals surface area contributed by atoms with Gasteiger partial charge in [-0.2, -0.15) is 0 Å². The van der Waals surface area contributed by atoms with E-state index in [1.54, 1.807) is 0 Å². The Morgan fingerprint density at radius 2 is 2.20 bits per heavy atom. The fourth-order valence-electron chi connectivity index (χ4n) is 1.66. The summed E-state index contributed by atoms with van der Waals surface area (Å²) < 4.78 is 4.89. The molecule has 1 saturated heterocycles. The van der Waals surface area contributed by atoms with Crippen molar-refractivity contribution >= 4 is 6.09 Å². The van der Waals surface area contributed by atoms with Gasteiger partial charge in [-0.1, -0.05) is 36.8 Å². The van der Waals surface area contributed by atoms with Crippen molar-refractivity contribution in [2.24, 2.45) is 0 Å². The maximum absolute atomic E-state index is 11.2. The van der Waals surface area contributed by atoms with Gasteiger partial charge in [-0.05, 0) is 12.0 Å². The van der Waals surface area contributed by atoms with E-state index >= 15 is 0 Å². The second-order valence-electron chi connectivity index (χ2n) is 3.42. The van der Waals surface area contributed by atoms with Crippen LogP contribution in [0.15, 0.2) is 30.3 Å². The Hall–Kier alpha value is -1.95. The highest BCUT2D eigenvalue weighted by atomic mass is 16.6. The third kappa shape index (κ3) is 1.94. The van der Waals surface area contributed by atoms with E-state index < -0.39 is 6.09 Å². The van der Waals surface area contributed by atoms with Crippen LogP contribution in [0.3, 0.4) is 0 Å². The van der Waals surface area contributed by atoms with E-state index in [2.05, 4.69) is 6.04 Å². The highest BCUT2D eigenvalue weighted by Crippen LogP contribution is 2.15. The summed E-state index contributed by atoms with van der Waals surface area (Å²) in [5.41, 5.74) is 1.15. The molecule has 0 bridgehead atoms. The van der Waals surface area contributed by atoms with Crippen LogP contribution in [0, 0.1) is 12.5 Å². The van der Waals surface area contributed by atoms with Crippen LogP contribution in [-0.4, -0.2) is 23.6 Å². The first-order valence-corrected chi connectivity index (χ1v) is 4.77. The van der Waals surface area contributed by atoms with Gasteiger partial charge in [0.15, 0.2) is 0 Å². The van der Waals surface area contributed by atoms with Crippen LogP contribution in [0.2, 0.25) is 0 Å². The highest BCUT2D eigenvalue weighted by molar-refractivity contribution is 5.72. The van der Waals surface area contributed by atoms with E-state index in [1.165, 1.54) is 4.90 Å². The van der Waals surface area contributed by atoms with Crippen LogP contribution in [0.1, 0.15) is 5.56 Å². The van der Waals surface area contributed by atoms with Crippen molar-refractivity contribution in [3.63, 3.8) is 0 Å². The molecule has 0 aliphatic carbocycles. The number of benzene rings is 1. The van der Waals surface area contributed by atoms with E-state index in [0.29, 0.717) is 6.61 Å². The summed E-state index contributed by atoms with van der Waals surface area (Å²) in [6.45, 7) is 0.373. The van der Waals surface area contributed by atoms with Crippen molar-refractivity contribution < 1.29 is 9.53 Å². The first-order valence-electron chi connectivity index (χ1n) is 4.77. The molecule has 1 fully saturated rings. The number of hydrogen-bond donors (Lipinski definition) is 0. The van der Waals surface area contributed by atoms with Crippen molar-refractivity contribution in [3.8, 4) is 12.5 Å². The number of terminal acetylenes is 1. The molecule has 1 aliphatic rings. The molecule has 0 unspecified atom stereocenters. The van der Waals surface area contributed by atoms with Gasteiger partial charge in [0.2, 0.25) is 0 Å². The topological polar surface area (TPSA) is 29.5 Å². The zero-order chi connectivity index (χ0) is 10.7. The van der Waals surface area contributed by atoms with Gasteiger partial charge in [0.05, 0.1) is 6.04 Å². The monoisotopic (exact) mass is 201 g/mol. The van der Waals surface area contributed by atoms with Crippen LogP contribution < -0.4 is 0 Å². The standard InChI is InChI=1S/C12H11NO2/c1-2-13-11(9-15-12(13)14)8-10-6-4-3-5-7-10/h1,3-7,11H,8-9H2/t11-/m1/s1. The van der Waals surface area contributed by atoms with Crippen LogP contribution in [0.25, 0.3) is 0 Å². The van der Waals surface area contributed by atoms with Gasteiger partial charge in [-0.3, -0.25) is 0 Å². The van der Waals surface area contributed by atoms with Gasteiger partial charge in [-0.25, -0.2) is 9.69 Å². The second-order valence-corrected chi connectivity index (χ2v) is 3.42. The molecule has 1 aromatic carbocycles. The lowest BCUT2D eigenvalue weighted by Gasteiger charge is -2.13. The molecule has 1 amide bonds. The minimum absolute atomic E-state index is 0.0371. The van der Waals surface area contributed by atoms with Crippen LogP contribution in [-0.2, 0) is 11.2 Å². The second kappa shape index (κ2) is 4.05. The number of carbonyl (C=O) groups is 1. The van der Waals surface area contributed by atoms with Crippen molar-refractivity contribution in [3.05, 3.63) is 35.9 Å². The summed E-state index contributed by atoms with van der Waals surface area (Å²) in [6, 6.07) is 12.2. The maximum Gasteiger partial charge on any atom is 0.422 e. The third-order valence-electron chi connectivity index (χ3n) is 2.41. The lowest BCUT2D eigenvalue weighted by molar-refractivity contribution is 0.167. The number of amides is 1. The SMILES string of the molecule is C#CN1C(=O)OC[C@H]1Cc1ccccc1. The molecule has 0 aromatic heterocycles. The lowest BCUT2D eigenvalue weighted by atomic mass is 10.1. The first-order chi connectivity index (χ1) is 7.31. The van der Waals surface area contributed by atoms with E-state index in [1.807, 2.05) is 30.3 Å². The molecule has 15 heavy (non-hydrogen) atoms. The molecule has 0 spiro atoms. The van der Waals surface area contributed by atoms with Gasteiger partial charge in [-0.15, -0.1) is 0 Å². The largest absolute Gasteiger partial charge is 0.446 e. The molecule has 2 rings (SSSR count). The molecule has 0 N–H and O–H groups in total. The molecular weight excluding hydrogens is 190 g/mol. The van der Waals surface area contributed by atoms with E-state index in [4.69, 9.17) is 11.2 Å². The molecule has 0 radical (unpaired) electrons. The zero-order valence-electron chi connectivity index (χ0n) is 8.22. The molecule has 1 aromatic rings. The molecule has 3 nitrogen and oxygen atoms in total. The van der Waals surface area contributed by atoms with Gasteiger partial charge in [0.1, 0.15) is 6.61 Å². The van der Waals surface area contributed by atoms with E-state index in [0.717, 1.165) is 12.0 Å². The Morgan fingerprint density at radius 3 is 2.87 bits per heavy atom. The number of hydrogen-bond acceptors (Lipinski definition) is 2. The smallest absolute Gasteiger partial charge is 0.422 e. The number of nitrogens with zero attached hydrogens (tertiary/aromatic N) is 1. The van der Waals surface area contributed by atoms with Crippen LogP contribution >= 0.6 is 0 Å². The third-order valence-corrected chi connectivity index (χ3v) is 2.41. The van der Waals surface area contributed by atoms with Crippen molar-refractivity contribution in [2.45, 2.75) is 12.5 Å². The predicted octanol–water partition coefficient (Wildman–Crippen LogP) is 1.64. The summed E-state index contributed by atoms with van der Waals surface area (Å²) in [5.74, 6) is 0. The van der Waals surface area contributed by atoms with Gasteiger partial charge in [0.25, 0.3) is 0 Å². The number of rotatable bonds is 2. The summed E-state index contributed by atoms with van der Waals surface area (Å²) in [7, 11) is 0. The van der Waals surface area contributed by atoms with Gasteiger partial charge < -0.3 is 4.74 Å². The summed E-state index contributed by atoms with van der Waals surface area (Å²) in [5, 5.41) is 0. The fraction of sp³-hybridized carbons (Fsp3) is 0.250. The molecule has 0 saturated carbocycles. The molecule has 1 atom stereocenters.